The predicted molar refractivity (Wildman–Crippen MR) is 105 cm³/mol. The number of fused-ring (bicyclic) bond motifs is 1. The molecule has 0 spiro atoms. The third kappa shape index (κ3) is 4.41. The van der Waals surface area contributed by atoms with E-state index in [4.69, 9.17) is 16.3 Å². The van der Waals surface area contributed by atoms with Crippen molar-refractivity contribution in [2.45, 2.75) is 51.9 Å². The Morgan fingerprint density at radius 2 is 2.00 bits per heavy atom. The molecule has 0 aromatic carbocycles. The van der Waals surface area contributed by atoms with E-state index in [1.54, 1.807) is 13.0 Å². The molecule has 1 heterocycles. The van der Waals surface area contributed by atoms with Crippen molar-refractivity contribution in [3.63, 3.8) is 0 Å². The van der Waals surface area contributed by atoms with Crippen molar-refractivity contribution >= 4 is 45.8 Å². The van der Waals surface area contributed by atoms with Gasteiger partial charge in [0.1, 0.15) is 5.00 Å². The number of hydrogen-bond acceptors (Lipinski definition) is 6. The number of allylic oxidation sites excluding steroid dienone is 2. The van der Waals surface area contributed by atoms with Gasteiger partial charge in [0.25, 0.3) is 0 Å². The van der Waals surface area contributed by atoms with Gasteiger partial charge in [0.05, 0.1) is 18.1 Å². The van der Waals surface area contributed by atoms with Crippen LogP contribution in [-0.2, 0) is 27.2 Å². The number of carboxylic acids is 1. The van der Waals surface area contributed by atoms with Gasteiger partial charge < -0.3 is 20.0 Å². The van der Waals surface area contributed by atoms with Gasteiger partial charge in [-0.25, -0.2) is 4.79 Å². The number of anilines is 1. The summed E-state index contributed by atoms with van der Waals surface area (Å²) in [6, 6.07) is 0. The highest BCUT2D eigenvalue weighted by Gasteiger charge is 2.34. The molecule has 2 atom stereocenters. The zero-order valence-corrected chi connectivity index (χ0v) is 17.3. The molecule has 152 valence electrons. The Morgan fingerprint density at radius 1 is 1.25 bits per heavy atom. The van der Waals surface area contributed by atoms with Crippen molar-refractivity contribution in [1.82, 2.24) is 0 Å². The van der Waals surface area contributed by atoms with Gasteiger partial charge in [-0.15, -0.1) is 11.3 Å². The Bertz CT molecular complexity index is 816. The van der Waals surface area contributed by atoms with E-state index in [1.807, 2.05) is 0 Å². The van der Waals surface area contributed by atoms with Crippen LogP contribution in [0.5, 0.6) is 0 Å². The standard InChI is InChI=1S/C20H24ClNO5S/c1-2-27-20(26)16-13-6-4-3-5-7-15(13)28-18(16)22-17(23)14-10-11(21)8-9-12(14)19(24)25/h8,12,14H,2-7,9-10H2,1H3,(H,22,23)(H,24,25)/p-1/t12-,14-/m0/s1. The van der Waals surface area contributed by atoms with E-state index in [2.05, 4.69) is 5.32 Å². The van der Waals surface area contributed by atoms with Crippen LogP contribution in [0.15, 0.2) is 11.1 Å². The van der Waals surface area contributed by atoms with Crippen LogP contribution in [0.4, 0.5) is 5.00 Å². The SMILES string of the molecule is CCOC(=O)c1c(NC(=O)[C@H]2CC(Cl)=CC[C@@H]2C(=O)[O-])sc2c1CCCCC2. The van der Waals surface area contributed by atoms with Gasteiger partial charge in [0.2, 0.25) is 5.91 Å². The fraction of sp³-hybridized carbons (Fsp3) is 0.550. The second-order valence-electron chi connectivity index (χ2n) is 7.10. The second-order valence-corrected chi connectivity index (χ2v) is 8.69. The highest BCUT2D eigenvalue weighted by Crippen LogP contribution is 2.39. The summed E-state index contributed by atoms with van der Waals surface area (Å²) >= 11 is 7.44. The predicted octanol–water partition coefficient (Wildman–Crippen LogP) is 3.03. The third-order valence-electron chi connectivity index (χ3n) is 5.27. The maximum absolute atomic E-state index is 12.9. The van der Waals surface area contributed by atoms with E-state index < -0.39 is 29.7 Å². The number of amides is 1. The molecule has 0 saturated heterocycles. The number of carbonyl (C=O) groups is 3. The minimum Gasteiger partial charge on any atom is -0.550 e. The van der Waals surface area contributed by atoms with Crippen LogP contribution in [-0.4, -0.2) is 24.5 Å². The summed E-state index contributed by atoms with van der Waals surface area (Å²) in [6.45, 7) is 1.98. The van der Waals surface area contributed by atoms with Crippen molar-refractivity contribution in [1.29, 1.82) is 0 Å². The molecule has 3 rings (SSSR count). The Morgan fingerprint density at radius 3 is 2.71 bits per heavy atom. The van der Waals surface area contributed by atoms with Gasteiger partial charge in [-0.1, -0.05) is 24.1 Å². The first kappa shape index (κ1) is 20.9. The molecule has 0 unspecified atom stereocenters. The summed E-state index contributed by atoms with van der Waals surface area (Å²) in [4.78, 5) is 38.0. The van der Waals surface area contributed by atoms with Crippen molar-refractivity contribution in [3.05, 3.63) is 27.1 Å². The molecule has 0 radical (unpaired) electrons. The number of aliphatic carboxylic acids is 1. The molecule has 1 aromatic rings. The molecule has 8 heteroatoms. The normalized spacial score (nSPS) is 21.9. The lowest BCUT2D eigenvalue weighted by molar-refractivity contribution is -0.313. The van der Waals surface area contributed by atoms with Crippen molar-refractivity contribution in [2.24, 2.45) is 11.8 Å². The minimum absolute atomic E-state index is 0.145. The zero-order chi connectivity index (χ0) is 20.3. The Kier molecular flexibility index (Phi) is 6.78. The molecule has 1 N–H and O–H groups in total. The summed E-state index contributed by atoms with van der Waals surface area (Å²) in [5, 5.41) is 15.2. The number of ether oxygens (including phenoxy) is 1. The zero-order valence-electron chi connectivity index (χ0n) is 15.7. The topological polar surface area (TPSA) is 95.5 Å². The number of thiophene rings is 1. The van der Waals surface area contributed by atoms with Gasteiger partial charge in [-0.2, -0.15) is 0 Å². The summed E-state index contributed by atoms with van der Waals surface area (Å²) in [5.41, 5.74) is 1.37. The van der Waals surface area contributed by atoms with Gasteiger partial charge in [-0.3, -0.25) is 4.79 Å². The van der Waals surface area contributed by atoms with E-state index in [0.717, 1.165) is 42.5 Å². The molecule has 0 aliphatic heterocycles. The molecule has 1 amide bonds. The lowest BCUT2D eigenvalue weighted by Crippen LogP contribution is -2.42. The average molecular weight is 425 g/mol. The molecule has 6 nitrogen and oxygen atoms in total. The summed E-state index contributed by atoms with van der Waals surface area (Å²) < 4.78 is 5.22. The van der Waals surface area contributed by atoms with Crippen LogP contribution >= 0.6 is 22.9 Å². The van der Waals surface area contributed by atoms with Gasteiger partial charge >= 0.3 is 5.97 Å². The quantitative estimate of drug-likeness (QED) is 0.579. The van der Waals surface area contributed by atoms with Crippen LogP contribution in [0.1, 0.15) is 59.8 Å². The van der Waals surface area contributed by atoms with E-state index in [-0.39, 0.29) is 19.4 Å². The number of hydrogen-bond donors (Lipinski definition) is 1. The molecule has 2 aliphatic carbocycles. The van der Waals surface area contributed by atoms with Crippen LogP contribution in [0.3, 0.4) is 0 Å². The highest BCUT2D eigenvalue weighted by atomic mass is 35.5. The maximum atomic E-state index is 12.9. The molecule has 1 aromatic heterocycles. The first-order chi connectivity index (χ1) is 13.4. The molecule has 0 fully saturated rings. The van der Waals surface area contributed by atoms with Crippen molar-refractivity contribution in [2.75, 3.05) is 11.9 Å². The summed E-state index contributed by atoms with van der Waals surface area (Å²) in [6.07, 6.45) is 6.68. The van der Waals surface area contributed by atoms with Crippen molar-refractivity contribution in [3.8, 4) is 0 Å². The Balaban J connectivity index is 1.90. The first-order valence-corrected chi connectivity index (χ1v) is 10.8. The average Bonchev–Trinajstić information content (AvgIpc) is 2.82. The molecule has 0 saturated carbocycles. The number of aryl methyl sites for hydroxylation is 1. The monoisotopic (exact) mass is 424 g/mol. The smallest absolute Gasteiger partial charge is 0.341 e. The van der Waals surface area contributed by atoms with E-state index in [9.17, 15) is 19.5 Å². The molecular weight excluding hydrogens is 402 g/mol. The van der Waals surface area contributed by atoms with Crippen LogP contribution in [0.25, 0.3) is 0 Å². The van der Waals surface area contributed by atoms with E-state index in [0.29, 0.717) is 15.6 Å². The number of esters is 1. The largest absolute Gasteiger partial charge is 0.550 e. The minimum atomic E-state index is -1.27. The highest BCUT2D eigenvalue weighted by molar-refractivity contribution is 7.17. The molecule has 2 aliphatic rings. The van der Waals surface area contributed by atoms with Crippen LogP contribution in [0.2, 0.25) is 0 Å². The third-order valence-corrected chi connectivity index (χ3v) is 6.79. The van der Waals surface area contributed by atoms with Crippen LogP contribution in [0, 0.1) is 11.8 Å². The van der Waals surface area contributed by atoms with Crippen molar-refractivity contribution < 1.29 is 24.2 Å². The second kappa shape index (κ2) is 9.09. The Labute approximate surface area is 172 Å². The Hall–Kier alpha value is -1.86. The molecule has 0 bridgehead atoms. The maximum Gasteiger partial charge on any atom is 0.341 e. The fourth-order valence-electron chi connectivity index (χ4n) is 3.85. The van der Waals surface area contributed by atoms with Gasteiger partial charge in [0, 0.05) is 21.8 Å². The van der Waals surface area contributed by atoms with Crippen LogP contribution < -0.4 is 10.4 Å². The first-order valence-electron chi connectivity index (χ1n) is 9.60. The molecule has 28 heavy (non-hydrogen) atoms. The summed E-state index contributed by atoms with van der Waals surface area (Å²) in [5.74, 6) is -3.95. The number of rotatable bonds is 5. The number of nitrogens with one attached hydrogen (secondary N) is 1. The molecular formula is C20H23ClNO5S-. The number of carboxylic acid groups (broad SMARTS) is 1. The van der Waals surface area contributed by atoms with E-state index >= 15 is 0 Å². The lowest BCUT2D eigenvalue weighted by Gasteiger charge is -2.29. The van der Waals surface area contributed by atoms with Gasteiger partial charge in [-0.05, 0) is 51.0 Å². The lowest BCUT2D eigenvalue weighted by atomic mass is 9.82. The fourth-order valence-corrected chi connectivity index (χ4v) is 5.38. The summed E-state index contributed by atoms with van der Waals surface area (Å²) in [7, 11) is 0. The van der Waals surface area contributed by atoms with Gasteiger partial charge in [0.15, 0.2) is 0 Å². The number of halogens is 1. The number of carbonyl (C=O) groups excluding carboxylic acids is 3. The van der Waals surface area contributed by atoms with E-state index in [1.165, 1.54) is 11.3 Å².